The van der Waals surface area contributed by atoms with E-state index in [9.17, 15) is 23.1 Å². The smallest absolute Gasteiger partial charge is 0.375 e. The molecule has 0 saturated heterocycles. The fourth-order valence-electron chi connectivity index (χ4n) is 2.18. The van der Waals surface area contributed by atoms with Crippen molar-refractivity contribution in [2.75, 3.05) is 6.54 Å². The molecule has 1 unspecified atom stereocenters. The van der Waals surface area contributed by atoms with Gasteiger partial charge in [0.05, 0.1) is 13.0 Å². The zero-order valence-corrected chi connectivity index (χ0v) is 13.2. The molecule has 0 radical (unpaired) electrons. The number of rotatable bonds is 5. The van der Waals surface area contributed by atoms with Gasteiger partial charge >= 0.3 is 6.18 Å². The molecule has 2 aromatic rings. The van der Waals surface area contributed by atoms with Crippen molar-refractivity contribution >= 4 is 17.5 Å². The van der Waals surface area contributed by atoms with Crippen molar-refractivity contribution in [1.82, 2.24) is 5.32 Å². The van der Waals surface area contributed by atoms with E-state index in [2.05, 4.69) is 5.32 Å². The number of hydrogen-bond acceptors (Lipinski definition) is 2. The number of hydrogen-bond donors (Lipinski definition) is 2. The lowest BCUT2D eigenvalue weighted by Gasteiger charge is -2.31. The van der Waals surface area contributed by atoms with E-state index in [1.54, 1.807) is 24.3 Å². The number of carbonyl (C=O) groups is 1. The van der Waals surface area contributed by atoms with E-state index in [4.69, 9.17) is 11.6 Å². The van der Waals surface area contributed by atoms with Crippen LogP contribution < -0.4 is 5.32 Å². The van der Waals surface area contributed by atoms with Crippen LogP contribution in [0.4, 0.5) is 13.2 Å². The third-order valence-electron chi connectivity index (χ3n) is 3.57. The van der Waals surface area contributed by atoms with Crippen LogP contribution in [0.1, 0.15) is 11.1 Å². The van der Waals surface area contributed by atoms with E-state index in [0.717, 1.165) is 12.1 Å². The molecule has 0 fully saturated rings. The maximum absolute atomic E-state index is 13.3. The van der Waals surface area contributed by atoms with Crippen molar-refractivity contribution < 1.29 is 23.1 Å². The van der Waals surface area contributed by atoms with Gasteiger partial charge in [0, 0.05) is 5.02 Å². The summed E-state index contributed by atoms with van der Waals surface area (Å²) in [4.78, 5) is 11.9. The van der Waals surface area contributed by atoms with Crippen LogP contribution in [-0.2, 0) is 16.8 Å². The number of benzene rings is 2. The summed E-state index contributed by atoms with van der Waals surface area (Å²) in [7, 11) is 0. The number of carbonyl (C=O) groups excluding carboxylic acids is 1. The van der Waals surface area contributed by atoms with Crippen LogP contribution in [0.15, 0.2) is 54.6 Å². The van der Waals surface area contributed by atoms with E-state index in [1.807, 2.05) is 0 Å². The molecule has 0 saturated carbocycles. The summed E-state index contributed by atoms with van der Waals surface area (Å²) < 4.78 is 39.9. The summed E-state index contributed by atoms with van der Waals surface area (Å²) in [6.45, 7) is -0.982. The predicted molar refractivity (Wildman–Crippen MR) is 84.6 cm³/mol. The van der Waals surface area contributed by atoms with Crippen molar-refractivity contribution in [2.24, 2.45) is 0 Å². The minimum Gasteiger partial charge on any atom is -0.375 e. The molecular weight excluding hydrogens is 343 g/mol. The Kier molecular flexibility index (Phi) is 5.51. The van der Waals surface area contributed by atoms with Gasteiger partial charge in [-0.05, 0) is 17.2 Å². The molecule has 3 nitrogen and oxygen atoms in total. The second-order valence-electron chi connectivity index (χ2n) is 5.27. The van der Waals surface area contributed by atoms with E-state index < -0.39 is 24.2 Å². The molecule has 0 aliphatic carbocycles. The highest BCUT2D eigenvalue weighted by atomic mass is 35.5. The summed E-state index contributed by atoms with van der Waals surface area (Å²) in [5, 5.41) is 12.6. The van der Waals surface area contributed by atoms with Crippen molar-refractivity contribution in [3.63, 3.8) is 0 Å². The van der Waals surface area contributed by atoms with Crippen LogP contribution in [0.5, 0.6) is 0 Å². The summed E-state index contributed by atoms with van der Waals surface area (Å²) in [6, 6.07) is 13.2. The molecule has 2 rings (SSSR count). The van der Waals surface area contributed by atoms with Gasteiger partial charge in [0.2, 0.25) is 11.5 Å². The fraction of sp³-hybridized carbons (Fsp3) is 0.235. The quantitative estimate of drug-likeness (QED) is 0.861. The van der Waals surface area contributed by atoms with Crippen LogP contribution in [0.25, 0.3) is 0 Å². The second kappa shape index (κ2) is 7.23. The molecule has 0 aromatic heterocycles. The predicted octanol–water partition coefficient (Wildman–Crippen LogP) is 3.45. The molecule has 0 bridgehead atoms. The molecule has 24 heavy (non-hydrogen) atoms. The Bertz CT molecular complexity index is 706. The van der Waals surface area contributed by atoms with Crippen molar-refractivity contribution in [2.45, 2.75) is 18.2 Å². The summed E-state index contributed by atoms with van der Waals surface area (Å²) >= 11 is 5.92. The first-order chi connectivity index (χ1) is 11.2. The first-order valence-corrected chi connectivity index (χ1v) is 7.46. The van der Waals surface area contributed by atoms with E-state index in [1.165, 1.54) is 18.2 Å². The molecule has 128 valence electrons. The number of aliphatic hydroxyl groups is 1. The maximum atomic E-state index is 13.3. The summed E-state index contributed by atoms with van der Waals surface area (Å²) in [5.41, 5.74) is -3.01. The van der Waals surface area contributed by atoms with Crippen LogP contribution >= 0.6 is 11.6 Å². The highest BCUT2D eigenvalue weighted by Crippen LogP contribution is 2.38. The monoisotopic (exact) mass is 357 g/mol. The van der Waals surface area contributed by atoms with Gasteiger partial charge in [-0.25, -0.2) is 0 Å². The Morgan fingerprint density at radius 2 is 1.62 bits per heavy atom. The molecule has 2 N–H and O–H groups in total. The number of alkyl halides is 3. The second-order valence-corrected chi connectivity index (χ2v) is 5.68. The van der Waals surface area contributed by atoms with Gasteiger partial charge in [-0.2, -0.15) is 13.2 Å². The minimum absolute atomic E-state index is 0.178. The molecule has 0 aliphatic rings. The first-order valence-electron chi connectivity index (χ1n) is 7.09. The van der Waals surface area contributed by atoms with E-state index in [-0.39, 0.29) is 12.0 Å². The Morgan fingerprint density at radius 3 is 2.21 bits per heavy atom. The molecule has 1 amide bonds. The van der Waals surface area contributed by atoms with Gasteiger partial charge in [0.25, 0.3) is 0 Å². The average Bonchev–Trinajstić information content (AvgIpc) is 2.54. The van der Waals surface area contributed by atoms with Gasteiger partial charge in [-0.3, -0.25) is 4.79 Å². The SMILES string of the molecule is O=C(Cc1ccccc1Cl)NCC(O)(c1ccccc1)C(F)(F)F. The Hall–Kier alpha value is -2.05. The van der Waals surface area contributed by atoms with Crippen molar-refractivity contribution in [1.29, 1.82) is 0 Å². The van der Waals surface area contributed by atoms with Gasteiger partial charge in [-0.15, -0.1) is 0 Å². The molecular formula is C17H15ClF3NO2. The molecule has 0 spiro atoms. The van der Waals surface area contributed by atoms with Gasteiger partial charge < -0.3 is 10.4 Å². The molecule has 0 heterocycles. The Morgan fingerprint density at radius 1 is 1.04 bits per heavy atom. The lowest BCUT2D eigenvalue weighted by molar-refractivity contribution is -0.264. The zero-order chi connectivity index (χ0) is 17.8. The number of halogens is 4. The summed E-state index contributed by atoms with van der Waals surface area (Å²) in [5.74, 6) is -0.665. The van der Waals surface area contributed by atoms with E-state index in [0.29, 0.717) is 10.6 Å². The molecule has 1 atom stereocenters. The first kappa shape index (κ1) is 18.3. The lowest BCUT2D eigenvalue weighted by Crippen LogP contribution is -2.51. The fourth-order valence-corrected chi connectivity index (χ4v) is 2.39. The molecule has 2 aromatic carbocycles. The maximum Gasteiger partial charge on any atom is 0.423 e. The third kappa shape index (κ3) is 4.07. The molecule has 7 heteroatoms. The largest absolute Gasteiger partial charge is 0.423 e. The Labute approximate surface area is 142 Å². The summed E-state index contributed by atoms with van der Waals surface area (Å²) in [6.07, 6.45) is -5.12. The Balaban J connectivity index is 2.12. The zero-order valence-electron chi connectivity index (χ0n) is 12.5. The number of nitrogens with one attached hydrogen (secondary N) is 1. The van der Waals surface area contributed by atoms with Crippen LogP contribution in [-0.4, -0.2) is 23.7 Å². The van der Waals surface area contributed by atoms with Gasteiger partial charge in [0.1, 0.15) is 0 Å². The normalized spacial score (nSPS) is 14.0. The number of amides is 1. The van der Waals surface area contributed by atoms with Gasteiger partial charge in [0.15, 0.2) is 0 Å². The van der Waals surface area contributed by atoms with Crippen LogP contribution in [0.3, 0.4) is 0 Å². The lowest BCUT2D eigenvalue weighted by atomic mass is 9.93. The molecule has 0 aliphatic heterocycles. The van der Waals surface area contributed by atoms with Crippen molar-refractivity contribution in [3.8, 4) is 0 Å². The van der Waals surface area contributed by atoms with Crippen LogP contribution in [0.2, 0.25) is 5.02 Å². The highest BCUT2D eigenvalue weighted by Gasteiger charge is 2.55. The van der Waals surface area contributed by atoms with E-state index >= 15 is 0 Å². The third-order valence-corrected chi connectivity index (χ3v) is 3.94. The standard InChI is InChI=1S/C17H15ClF3NO2/c18-14-9-5-4-6-12(14)10-15(23)22-11-16(24,17(19,20)21)13-7-2-1-3-8-13/h1-9,24H,10-11H2,(H,22,23). The van der Waals surface area contributed by atoms with Crippen LogP contribution in [0, 0.1) is 0 Å². The van der Waals surface area contributed by atoms with Gasteiger partial charge in [-0.1, -0.05) is 60.1 Å². The minimum atomic E-state index is -4.94. The highest BCUT2D eigenvalue weighted by molar-refractivity contribution is 6.31. The van der Waals surface area contributed by atoms with Crippen molar-refractivity contribution in [3.05, 3.63) is 70.7 Å². The topological polar surface area (TPSA) is 49.3 Å². The average molecular weight is 358 g/mol.